The summed E-state index contributed by atoms with van der Waals surface area (Å²) in [7, 11) is 2.83. The first-order valence-electron chi connectivity index (χ1n) is 52.2. The molecule has 766 valence electrons. The van der Waals surface area contributed by atoms with Gasteiger partial charge in [0.1, 0.15) is 6.61 Å². The number of carboxylic acids is 7. The van der Waals surface area contributed by atoms with E-state index >= 15 is 0 Å². The van der Waals surface area contributed by atoms with Gasteiger partial charge in [0.25, 0.3) is 0 Å². The van der Waals surface area contributed by atoms with E-state index in [0.29, 0.717) is 101 Å². The van der Waals surface area contributed by atoms with Gasteiger partial charge in [-0.15, -0.1) is 11.8 Å². The molecule has 0 aromatic carbocycles. The molecule has 11 N–H and O–H groups in total. The fourth-order valence-corrected chi connectivity index (χ4v) is 13.9. The molecule has 9 saturated carbocycles. The lowest BCUT2D eigenvalue weighted by Gasteiger charge is -2.07. The first-order valence-corrected chi connectivity index (χ1v) is 52.2. The van der Waals surface area contributed by atoms with Crippen LogP contribution in [0.1, 0.15) is 463 Å². The van der Waals surface area contributed by atoms with Crippen LogP contribution in [0.3, 0.4) is 0 Å². The van der Waals surface area contributed by atoms with Crippen LogP contribution in [0.15, 0.2) is 12.2 Å². The van der Waals surface area contributed by atoms with Gasteiger partial charge in [0.05, 0.1) is 27.2 Å². The molecule has 9 aliphatic rings. The Kier molecular flexibility index (Phi) is 79.7. The van der Waals surface area contributed by atoms with Crippen LogP contribution in [0.25, 0.3) is 0 Å². The number of unbranched alkanes of at least 4 members (excludes halogenated alkanes) is 26. The van der Waals surface area contributed by atoms with E-state index in [1.165, 1.54) is 162 Å². The summed E-state index contributed by atoms with van der Waals surface area (Å²) >= 11 is 0. The van der Waals surface area contributed by atoms with Crippen molar-refractivity contribution < 1.29 is 117 Å². The molecule has 9 fully saturated rings. The van der Waals surface area contributed by atoms with Gasteiger partial charge in [0, 0.05) is 121 Å². The molecule has 9 rings (SSSR count). The molecule has 1 unspecified atom stereocenters. The third-order valence-electron chi connectivity index (χ3n) is 23.8. The lowest BCUT2D eigenvalue weighted by molar-refractivity contribution is -0.142. The number of hydrogen-bond acceptors (Lipinski definition) is 17. The Morgan fingerprint density at radius 1 is 0.293 bits per heavy atom. The summed E-state index contributed by atoms with van der Waals surface area (Å²) < 4.78 is 19.2. The third-order valence-corrected chi connectivity index (χ3v) is 23.8. The number of rotatable bonds is 73. The molecule has 9 aliphatic carbocycles. The van der Waals surface area contributed by atoms with Crippen LogP contribution in [-0.4, -0.2) is 178 Å². The van der Waals surface area contributed by atoms with Crippen LogP contribution in [0, 0.1) is 47.3 Å². The highest BCUT2D eigenvalue weighted by Crippen LogP contribution is 2.37. The standard InChI is InChI=1S/C14H25NO3.C13H23NO3.C13H24O2.C12H21NO3.C11H19NO3.2C11H20O3.C10H16O2.C10H14O2/c1-18-14(17)9-7-5-3-2-4-6-8-13(16)15-12-10-11-12;15-12(14-11-9-10-11)7-5-3-1-2-4-6-8-13(16)17;1-11(10-13(14)15)6-4-2-3-5-7-12-8-9-12;1-16-12(15)7-5-3-2-4-6-11(14)13-10-8-9-10;13-10(12-9-7-8-9)5-3-1-2-4-6-11(14)15;12-11(13)7-9-14-8-3-1-2-4-10-5-6-10;12-11(13)9-14-8-4-2-1-3-5-10-6-7-10;2*11-10(12)6-4-2-1-3-5-9-7-8-9/h12H,2-11H2,1H3,(H,15,16);11H,1-10H2,(H,14,15)(H,16,17);11-12H,2-10H2,1H3,(H,14,15);10H,2-9H2,1H3,(H,13,14);9H,1-8H2,(H,12,13)(H,14,15);2*10H,1-9H2,(H,12,13);1,3,9H,2,4-8H2,(H,11,12);9H,2,4-8H2,(H,11,12)/b;;;;;;;3-1+;. The monoisotopic (exact) mass is 1880 g/mol. The quantitative estimate of drug-likeness (QED) is 0.0117. The van der Waals surface area contributed by atoms with E-state index in [9.17, 15) is 62.3 Å². The van der Waals surface area contributed by atoms with Crippen LogP contribution < -0.4 is 21.3 Å². The van der Waals surface area contributed by atoms with Gasteiger partial charge in [-0.3, -0.25) is 57.5 Å². The maximum atomic E-state index is 11.4. The summed E-state index contributed by atoms with van der Waals surface area (Å²) in [5.41, 5.74) is 0. The van der Waals surface area contributed by atoms with E-state index in [2.05, 4.69) is 54.7 Å². The van der Waals surface area contributed by atoms with E-state index < -0.39 is 41.8 Å². The summed E-state index contributed by atoms with van der Waals surface area (Å²) in [5, 5.41) is 70.6. The SMILES string of the molecule is CC(CCCCCCC1CC1)CC(=O)O.COC(=O)CCCCCCC(=O)NC1CC1.COC(=O)CCCCCCCCC(=O)NC1CC1.O=C(O)CCC/C=C/CC1CC1.O=C(O)CCCC#CCC1CC1.O=C(O)CCCCCCC(=O)NC1CC1.O=C(O)CCCCCCCCC(=O)NC1CC1.O=C(O)CCOCCCCCC1CC1.O=C(O)COCCCCCCC1CC1. The molecule has 4 amide bonds. The Balaban J connectivity index is 0.000000750. The number of carbonyl (C=O) groups is 13. The molecule has 28 nitrogen and oxygen atoms in total. The zero-order valence-corrected chi connectivity index (χ0v) is 82.5. The van der Waals surface area contributed by atoms with Crippen molar-refractivity contribution in [3.05, 3.63) is 12.2 Å². The zero-order valence-electron chi connectivity index (χ0n) is 82.5. The molecule has 0 aliphatic heterocycles. The van der Waals surface area contributed by atoms with Crippen molar-refractivity contribution in [1.29, 1.82) is 0 Å². The van der Waals surface area contributed by atoms with Crippen molar-refractivity contribution in [3.63, 3.8) is 0 Å². The molecule has 133 heavy (non-hydrogen) atoms. The normalized spacial score (nSPS) is 15.4. The Morgan fingerprint density at radius 3 is 0.940 bits per heavy atom. The molecule has 0 heterocycles. The second-order valence-corrected chi connectivity index (χ2v) is 38.3. The number of ether oxygens (including phenoxy) is 4. The van der Waals surface area contributed by atoms with Crippen molar-refractivity contribution in [1.82, 2.24) is 21.3 Å². The Morgan fingerprint density at radius 2 is 0.602 bits per heavy atom. The maximum absolute atomic E-state index is 11.4. The number of hydrogen-bond donors (Lipinski definition) is 11. The number of allylic oxidation sites excluding steroid dienone is 2. The molecule has 0 aromatic heterocycles. The van der Waals surface area contributed by atoms with Crippen molar-refractivity contribution in [2.45, 2.75) is 487 Å². The fourth-order valence-electron chi connectivity index (χ4n) is 13.9. The molecule has 0 aromatic rings. The van der Waals surface area contributed by atoms with E-state index in [4.69, 9.17) is 45.2 Å². The number of carbonyl (C=O) groups excluding carboxylic acids is 6. The Hall–Kier alpha value is -7.67. The van der Waals surface area contributed by atoms with Gasteiger partial charge < -0.3 is 76.0 Å². The van der Waals surface area contributed by atoms with Crippen LogP contribution in [0.2, 0.25) is 0 Å². The van der Waals surface area contributed by atoms with Crippen molar-refractivity contribution in [2.75, 3.05) is 40.6 Å². The first-order chi connectivity index (χ1) is 64.1. The summed E-state index contributed by atoms with van der Waals surface area (Å²) in [5.74, 6) is 6.67. The van der Waals surface area contributed by atoms with Gasteiger partial charge in [-0.05, 0) is 202 Å². The molecule has 0 bridgehead atoms. The van der Waals surface area contributed by atoms with Crippen LogP contribution in [-0.2, 0) is 81.3 Å². The molecule has 0 spiro atoms. The topological polar surface area (TPSA) is 449 Å². The second kappa shape index (κ2) is 86.0. The highest BCUT2D eigenvalue weighted by molar-refractivity contribution is 5.78. The van der Waals surface area contributed by atoms with Gasteiger partial charge >= 0.3 is 53.7 Å². The van der Waals surface area contributed by atoms with Gasteiger partial charge in [-0.25, -0.2) is 4.79 Å². The molecule has 0 saturated heterocycles. The number of amides is 4. The molecule has 1 atom stereocenters. The Bertz CT molecular complexity index is 3120. The maximum Gasteiger partial charge on any atom is 0.329 e. The minimum Gasteiger partial charge on any atom is -0.481 e. The summed E-state index contributed by atoms with van der Waals surface area (Å²) in [6.45, 7) is 3.56. The van der Waals surface area contributed by atoms with E-state index in [1.54, 1.807) is 0 Å². The third kappa shape index (κ3) is 106. The van der Waals surface area contributed by atoms with Crippen LogP contribution >= 0.6 is 0 Å². The minimum atomic E-state index is -0.876. The molecule has 28 heteroatoms. The van der Waals surface area contributed by atoms with Crippen molar-refractivity contribution in [2.24, 2.45) is 35.5 Å². The smallest absolute Gasteiger partial charge is 0.329 e. The number of carboxylic acid groups (broad SMARTS) is 7. The average molecular weight is 1880 g/mol. The lowest BCUT2D eigenvalue weighted by atomic mass is 9.99. The second-order valence-electron chi connectivity index (χ2n) is 38.3. The predicted octanol–water partition coefficient (Wildman–Crippen LogP) is 21.9. The zero-order chi connectivity index (χ0) is 97.8. The average Bonchev–Trinajstić information content (AvgIpc) is 1.82. The van der Waals surface area contributed by atoms with E-state index in [0.717, 1.165) is 261 Å². The molecule has 0 radical (unpaired) electrons. The largest absolute Gasteiger partial charge is 0.481 e. The van der Waals surface area contributed by atoms with Gasteiger partial charge in [0.2, 0.25) is 23.6 Å². The first kappa shape index (κ1) is 123. The summed E-state index contributed by atoms with van der Waals surface area (Å²) in [6.07, 6.45) is 76.5. The fraction of sp³-hybridized carbons (Fsp3) is 0.838. The number of aliphatic carboxylic acids is 7. The highest BCUT2D eigenvalue weighted by Gasteiger charge is 2.27. The highest BCUT2D eigenvalue weighted by atomic mass is 16.5. The molecular weight excluding hydrogens is 1700 g/mol. The Labute approximate surface area is 798 Å². The van der Waals surface area contributed by atoms with Gasteiger partial charge in [0.15, 0.2) is 0 Å². The number of esters is 2. The lowest BCUT2D eigenvalue weighted by Crippen LogP contribution is -2.24. The van der Waals surface area contributed by atoms with Crippen molar-refractivity contribution >= 4 is 77.4 Å². The molecular formula is C105H182N4O24. The summed E-state index contributed by atoms with van der Waals surface area (Å²) in [6, 6.07) is 1.87. The van der Waals surface area contributed by atoms with Crippen LogP contribution in [0.5, 0.6) is 0 Å². The van der Waals surface area contributed by atoms with Crippen LogP contribution in [0.4, 0.5) is 0 Å². The van der Waals surface area contributed by atoms with Gasteiger partial charge in [-0.1, -0.05) is 218 Å². The van der Waals surface area contributed by atoms with E-state index in [-0.39, 0.29) is 67.9 Å². The van der Waals surface area contributed by atoms with E-state index in [1.807, 2.05) is 6.92 Å². The van der Waals surface area contributed by atoms with Gasteiger partial charge in [-0.2, -0.15) is 0 Å². The number of nitrogens with one attached hydrogen (secondary N) is 4. The number of methoxy groups -OCH3 is 2. The summed E-state index contributed by atoms with van der Waals surface area (Å²) in [4.78, 5) is 138. The van der Waals surface area contributed by atoms with Crippen molar-refractivity contribution in [3.8, 4) is 11.8 Å². The minimum absolute atomic E-state index is 0.119. The predicted molar refractivity (Wildman–Crippen MR) is 518 cm³/mol.